The molecule has 0 spiro atoms. The van der Waals surface area contributed by atoms with Gasteiger partial charge in [-0.1, -0.05) is 18.2 Å². The number of rotatable bonds is 3. The Morgan fingerprint density at radius 2 is 1.78 bits per heavy atom. The first-order chi connectivity index (χ1) is 11.2. The minimum atomic E-state index is 0.793. The second kappa shape index (κ2) is 5.32. The number of nitrogens with one attached hydrogen (secondary N) is 2. The summed E-state index contributed by atoms with van der Waals surface area (Å²) >= 11 is 0. The molecular formula is C19H17N3O. The molecule has 0 saturated carbocycles. The molecule has 2 aromatic carbocycles. The van der Waals surface area contributed by atoms with Crippen molar-refractivity contribution in [3.63, 3.8) is 0 Å². The summed E-state index contributed by atoms with van der Waals surface area (Å²) < 4.78 is 5.88. The smallest absolute Gasteiger partial charge is 0.140 e. The van der Waals surface area contributed by atoms with Gasteiger partial charge in [0.1, 0.15) is 17.3 Å². The first kappa shape index (κ1) is 13.6. The molecule has 23 heavy (non-hydrogen) atoms. The van der Waals surface area contributed by atoms with Gasteiger partial charge in [0.15, 0.2) is 0 Å². The van der Waals surface area contributed by atoms with Crippen LogP contribution in [0.1, 0.15) is 11.3 Å². The number of H-pyrrole nitrogens is 2. The van der Waals surface area contributed by atoms with E-state index in [4.69, 9.17) is 9.72 Å². The summed E-state index contributed by atoms with van der Waals surface area (Å²) in [6.45, 7) is 4.13. The molecule has 0 saturated heterocycles. The number of aromatic amines is 2. The third-order valence-electron chi connectivity index (χ3n) is 3.94. The maximum atomic E-state index is 5.88. The van der Waals surface area contributed by atoms with Crippen LogP contribution in [0.25, 0.3) is 22.4 Å². The lowest BCUT2D eigenvalue weighted by Crippen LogP contribution is -1.83. The number of aryl methyl sites for hydroxylation is 2. The van der Waals surface area contributed by atoms with Crippen molar-refractivity contribution in [2.24, 2.45) is 0 Å². The average molecular weight is 303 g/mol. The third-order valence-corrected chi connectivity index (χ3v) is 3.94. The zero-order valence-electron chi connectivity index (χ0n) is 13.1. The number of hydrogen-bond donors (Lipinski definition) is 2. The number of ether oxygens (including phenoxy) is 1. The van der Waals surface area contributed by atoms with Gasteiger partial charge < -0.3 is 14.7 Å². The van der Waals surface area contributed by atoms with Gasteiger partial charge in [0.05, 0.1) is 11.0 Å². The SMILES string of the molecule is Cc1c[nH]c(C)c1-c1nc2ccc(Oc3ccccc3)cc2[nH]1. The Hall–Kier alpha value is -3.01. The lowest BCUT2D eigenvalue weighted by molar-refractivity contribution is 0.483. The number of imidazole rings is 1. The van der Waals surface area contributed by atoms with Gasteiger partial charge in [-0.25, -0.2) is 4.98 Å². The second-order valence-corrected chi connectivity index (χ2v) is 5.65. The topological polar surface area (TPSA) is 53.7 Å². The summed E-state index contributed by atoms with van der Waals surface area (Å²) in [6, 6.07) is 15.7. The molecule has 0 bridgehead atoms. The lowest BCUT2D eigenvalue weighted by Gasteiger charge is -2.04. The molecule has 114 valence electrons. The number of para-hydroxylation sites is 1. The Morgan fingerprint density at radius 3 is 2.52 bits per heavy atom. The summed E-state index contributed by atoms with van der Waals surface area (Å²) in [4.78, 5) is 11.3. The molecule has 4 aromatic rings. The van der Waals surface area contributed by atoms with Gasteiger partial charge in [-0.05, 0) is 43.7 Å². The first-order valence-electron chi connectivity index (χ1n) is 7.58. The minimum absolute atomic E-state index is 0.793. The van der Waals surface area contributed by atoms with E-state index in [0.717, 1.165) is 39.6 Å². The van der Waals surface area contributed by atoms with Gasteiger partial charge in [0.2, 0.25) is 0 Å². The first-order valence-corrected chi connectivity index (χ1v) is 7.58. The van der Waals surface area contributed by atoms with E-state index in [0.29, 0.717) is 0 Å². The van der Waals surface area contributed by atoms with Crippen LogP contribution in [0, 0.1) is 13.8 Å². The van der Waals surface area contributed by atoms with Gasteiger partial charge >= 0.3 is 0 Å². The number of aromatic nitrogens is 3. The minimum Gasteiger partial charge on any atom is -0.457 e. The molecule has 2 N–H and O–H groups in total. The molecule has 4 nitrogen and oxygen atoms in total. The van der Waals surface area contributed by atoms with Gasteiger partial charge in [-0.3, -0.25) is 0 Å². The number of hydrogen-bond acceptors (Lipinski definition) is 2. The van der Waals surface area contributed by atoms with Crippen molar-refractivity contribution in [2.45, 2.75) is 13.8 Å². The molecule has 2 aromatic heterocycles. The molecule has 4 rings (SSSR count). The molecule has 0 aliphatic carbocycles. The average Bonchev–Trinajstić information content (AvgIpc) is 3.10. The Balaban J connectivity index is 1.73. The van der Waals surface area contributed by atoms with E-state index in [9.17, 15) is 0 Å². The quantitative estimate of drug-likeness (QED) is 0.561. The Labute approximate surface area is 134 Å². The predicted octanol–water partition coefficient (Wildman–Crippen LogP) is 4.97. The van der Waals surface area contributed by atoms with Crippen LogP contribution in [0.5, 0.6) is 11.5 Å². The van der Waals surface area contributed by atoms with Crippen LogP contribution < -0.4 is 4.74 Å². The van der Waals surface area contributed by atoms with E-state index in [-0.39, 0.29) is 0 Å². The summed E-state index contributed by atoms with van der Waals surface area (Å²) in [7, 11) is 0. The Kier molecular flexibility index (Phi) is 3.15. The fourth-order valence-corrected chi connectivity index (χ4v) is 2.82. The summed E-state index contributed by atoms with van der Waals surface area (Å²) in [6.07, 6.45) is 2.00. The van der Waals surface area contributed by atoms with E-state index >= 15 is 0 Å². The largest absolute Gasteiger partial charge is 0.457 e. The number of nitrogens with zero attached hydrogens (tertiary/aromatic N) is 1. The highest BCUT2D eigenvalue weighted by molar-refractivity contribution is 5.81. The third kappa shape index (κ3) is 2.48. The molecule has 0 fully saturated rings. The molecule has 0 aliphatic heterocycles. The molecule has 4 heteroatoms. The van der Waals surface area contributed by atoms with Crippen LogP contribution in [-0.2, 0) is 0 Å². The number of benzene rings is 2. The van der Waals surface area contributed by atoms with Crippen molar-refractivity contribution in [1.29, 1.82) is 0 Å². The van der Waals surface area contributed by atoms with Crippen LogP contribution in [0.3, 0.4) is 0 Å². The van der Waals surface area contributed by atoms with E-state index in [1.165, 1.54) is 5.56 Å². The fourth-order valence-electron chi connectivity index (χ4n) is 2.82. The number of fused-ring (bicyclic) bond motifs is 1. The Bertz CT molecular complexity index is 947. The van der Waals surface area contributed by atoms with Gasteiger partial charge in [-0.2, -0.15) is 0 Å². The van der Waals surface area contributed by atoms with Crippen molar-refractivity contribution in [3.8, 4) is 22.9 Å². The molecule has 0 aliphatic rings. The molecule has 0 unspecified atom stereocenters. The maximum Gasteiger partial charge on any atom is 0.140 e. The van der Waals surface area contributed by atoms with Crippen molar-refractivity contribution in [1.82, 2.24) is 15.0 Å². The molecular weight excluding hydrogens is 286 g/mol. The van der Waals surface area contributed by atoms with Gasteiger partial charge in [0, 0.05) is 23.5 Å². The van der Waals surface area contributed by atoms with E-state index < -0.39 is 0 Å². The van der Waals surface area contributed by atoms with Crippen molar-refractivity contribution in [2.75, 3.05) is 0 Å². The van der Waals surface area contributed by atoms with Crippen LogP contribution in [0.4, 0.5) is 0 Å². The summed E-state index contributed by atoms with van der Waals surface area (Å²) in [5, 5.41) is 0. The summed E-state index contributed by atoms with van der Waals surface area (Å²) in [5.74, 6) is 2.50. The highest BCUT2D eigenvalue weighted by Crippen LogP contribution is 2.29. The van der Waals surface area contributed by atoms with E-state index in [2.05, 4.69) is 23.8 Å². The molecule has 0 amide bonds. The predicted molar refractivity (Wildman–Crippen MR) is 91.9 cm³/mol. The molecule has 0 atom stereocenters. The maximum absolute atomic E-state index is 5.88. The standard InChI is InChI=1S/C19H17N3O/c1-12-11-20-13(2)18(12)19-21-16-9-8-15(10-17(16)22-19)23-14-6-4-3-5-7-14/h3-11,20H,1-2H3,(H,21,22). The zero-order chi connectivity index (χ0) is 15.8. The van der Waals surface area contributed by atoms with E-state index in [1.807, 2.05) is 54.7 Å². The molecule has 2 heterocycles. The van der Waals surface area contributed by atoms with Gasteiger partial charge in [-0.15, -0.1) is 0 Å². The fraction of sp³-hybridized carbons (Fsp3) is 0.105. The monoisotopic (exact) mass is 303 g/mol. The van der Waals surface area contributed by atoms with Gasteiger partial charge in [0.25, 0.3) is 0 Å². The van der Waals surface area contributed by atoms with Crippen molar-refractivity contribution in [3.05, 3.63) is 66.0 Å². The van der Waals surface area contributed by atoms with Crippen molar-refractivity contribution < 1.29 is 4.74 Å². The van der Waals surface area contributed by atoms with Crippen LogP contribution in [-0.4, -0.2) is 15.0 Å². The zero-order valence-corrected chi connectivity index (χ0v) is 13.1. The highest BCUT2D eigenvalue weighted by atomic mass is 16.5. The lowest BCUT2D eigenvalue weighted by atomic mass is 10.1. The van der Waals surface area contributed by atoms with Crippen LogP contribution in [0.15, 0.2) is 54.7 Å². The van der Waals surface area contributed by atoms with Crippen molar-refractivity contribution >= 4 is 11.0 Å². The van der Waals surface area contributed by atoms with Crippen LogP contribution >= 0.6 is 0 Å². The Morgan fingerprint density at radius 1 is 0.957 bits per heavy atom. The van der Waals surface area contributed by atoms with Crippen LogP contribution in [0.2, 0.25) is 0 Å². The normalized spacial score (nSPS) is 11.0. The highest BCUT2D eigenvalue weighted by Gasteiger charge is 2.12. The molecule has 0 radical (unpaired) electrons. The second-order valence-electron chi connectivity index (χ2n) is 5.65. The van der Waals surface area contributed by atoms with E-state index in [1.54, 1.807) is 0 Å². The summed E-state index contributed by atoms with van der Waals surface area (Å²) in [5.41, 5.74) is 5.32.